The van der Waals surface area contributed by atoms with Crippen molar-refractivity contribution in [3.8, 4) is 0 Å². The summed E-state index contributed by atoms with van der Waals surface area (Å²) in [4.78, 5) is 10.8. The molecule has 1 aromatic rings. The minimum atomic E-state index is -0.520. The maximum absolute atomic E-state index is 12.5. The number of benzene rings is 1. The molecule has 4 heteroatoms. The third-order valence-corrected chi connectivity index (χ3v) is 1.93. The van der Waals surface area contributed by atoms with E-state index in [4.69, 9.17) is 16.7 Å². The van der Waals surface area contributed by atoms with Crippen LogP contribution in [0.5, 0.6) is 0 Å². The molecule has 1 N–H and O–H groups in total. The first-order valence-corrected chi connectivity index (χ1v) is 4.07. The molecule has 0 heterocycles. The highest BCUT2D eigenvalue weighted by Crippen LogP contribution is 2.17. The highest BCUT2D eigenvalue weighted by Gasteiger charge is 2.06. The summed E-state index contributed by atoms with van der Waals surface area (Å²) >= 11 is 5.66. The van der Waals surface area contributed by atoms with Crippen LogP contribution >= 0.6 is 11.6 Å². The molecule has 1 rings (SSSR count). The summed E-state index contributed by atoms with van der Waals surface area (Å²) in [5.41, 5.74) is 0.530. The second-order valence-corrected chi connectivity index (χ2v) is 3.02. The normalized spacial score (nSPS) is 10.1. The molecule has 0 atom stereocenters. The smallest absolute Gasteiger partial charge is 0.162 e. The summed E-state index contributed by atoms with van der Waals surface area (Å²) in [6, 6.07) is 3.80. The van der Waals surface area contributed by atoms with Crippen molar-refractivity contribution in [3.05, 3.63) is 34.6 Å². The number of hydrogen-bond acceptors (Lipinski definition) is 2. The molecule has 0 amide bonds. The van der Waals surface area contributed by atoms with E-state index in [-0.39, 0.29) is 17.2 Å². The Balaban J connectivity index is 2.83. The predicted molar refractivity (Wildman–Crippen MR) is 47.2 cm³/mol. The summed E-state index contributed by atoms with van der Waals surface area (Å²) in [5, 5.41) is 8.68. The molecule has 0 spiro atoms. The van der Waals surface area contributed by atoms with E-state index in [0.29, 0.717) is 5.56 Å². The van der Waals surface area contributed by atoms with Gasteiger partial charge in [-0.05, 0) is 17.7 Å². The van der Waals surface area contributed by atoms with Gasteiger partial charge in [0.1, 0.15) is 12.4 Å². The minimum absolute atomic E-state index is 0.0373. The Hall–Kier alpha value is -0.930. The van der Waals surface area contributed by atoms with Crippen LogP contribution in [-0.2, 0) is 11.2 Å². The average molecular weight is 203 g/mol. The topological polar surface area (TPSA) is 37.3 Å². The average Bonchev–Trinajstić information content (AvgIpc) is 2.09. The van der Waals surface area contributed by atoms with Gasteiger partial charge in [-0.25, -0.2) is 4.39 Å². The van der Waals surface area contributed by atoms with Crippen LogP contribution in [0.4, 0.5) is 4.39 Å². The van der Waals surface area contributed by atoms with Crippen molar-refractivity contribution in [2.75, 3.05) is 6.61 Å². The van der Waals surface area contributed by atoms with Crippen molar-refractivity contribution < 1.29 is 14.3 Å². The van der Waals surface area contributed by atoms with Crippen molar-refractivity contribution in [1.29, 1.82) is 0 Å². The van der Waals surface area contributed by atoms with Crippen LogP contribution in [0.3, 0.4) is 0 Å². The van der Waals surface area contributed by atoms with Crippen LogP contribution in [0.25, 0.3) is 0 Å². The maximum Gasteiger partial charge on any atom is 0.162 e. The fourth-order valence-electron chi connectivity index (χ4n) is 0.933. The quantitative estimate of drug-likeness (QED) is 0.808. The third kappa shape index (κ3) is 2.79. The number of rotatable bonds is 3. The molecular formula is C9H8ClFO2. The zero-order valence-electron chi connectivity index (χ0n) is 6.76. The molecule has 0 saturated carbocycles. The summed E-state index contributed by atoms with van der Waals surface area (Å²) in [6.07, 6.45) is 0.0373. The van der Waals surface area contributed by atoms with Crippen molar-refractivity contribution in [3.63, 3.8) is 0 Å². The van der Waals surface area contributed by atoms with Crippen molar-refractivity contribution in [1.82, 2.24) is 0 Å². The molecule has 0 bridgehead atoms. The fourth-order valence-corrected chi connectivity index (χ4v) is 1.17. The van der Waals surface area contributed by atoms with Gasteiger partial charge in [-0.3, -0.25) is 4.79 Å². The lowest BCUT2D eigenvalue weighted by Gasteiger charge is -2.01. The number of carbonyl (C=O) groups is 1. The number of halogens is 2. The van der Waals surface area contributed by atoms with Gasteiger partial charge < -0.3 is 5.11 Å². The molecule has 13 heavy (non-hydrogen) atoms. The largest absolute Gasteiger partial charge is 0.389 e. The highest BCUT2D eigenvalue weighted by molar-refractivity contribution is 6.31. The maximum atomic E-state index is 12.5. The Morgan fingerprint density at radius 1 is 1.54 bits per heavy atom. The number of ketones is 1. The summed E-state index contributed by atoms with van der Waals surface area (Å²) < 4.78 is 12.5. The summed E-state index contributed by atoms with van der Waals surface area (Å²) in [6.45, 7) is -0.520. The van der Waals surface area contributed by atoms with Gasteiger partial charge in [-0.15, -0.1) is 0 Å². The van der Waals surface area contributed by atoms with E-state index in [0.717, 1.165) is 6.07 Å². The van der Waals surface area contributed by atoms with Gasteiger partial charge in [-0.2, -0.15) is 0 Å². The lowest BCUT2D eigenvalue weighted by atomic mass is 10.1. The van der Waals surface area contributed by atoms with Gasteiger partial charge >= 0.3 is 0 Å². The van der Waals surface area contributed by atoms with Crippen LogP contribution < -0.4 is 0 Å². The second-order valence-electron chi connectivity index (χ2n) is 2.61. The predicted octanol–water partition coefficient (Wildman–Crippen LogP) is 1.58. The molecule has 70 valence electrons. The number of aliphatic hydroxyl groups is 1. The monoisotopic (exact) mass is 202 g/mol. The lowest BCUT2D eigenvalue weighted by molar-refractivity contribution is -0.121. The van der Waals surface area contributed by atoms with Gasteiger partial charge in [0.15, 0.2) is 5.78 Å². The van der Waals surface area contributed by atoms with Crippen molar-refractivity contribution in [2.24, 2.45) is 0 Å². The summed E-state index contributed by atoms with van der Waals surface area (Å²) in [7, 11) is 0. The first-order valence-electron chi connectivity index (χ1n) is 3.70. The Kier molecular flexibility index (Phi) is 3.39. The minimum Gasteiger partial charge on any atom is -0.389 e. The second kappa shape index (κ2) is 4.35. The van der Waals surface area contributed by atoms with Crippen LogP contribution in [-0.4, -0.2) is 17.5 Å². The number of Topliss-reactive ketones (excluding diaryl/α,β-unsaturated/α-hetero) is 1. The number of hydrogen-bond donors (Lipinski definition) is 1. The Morgan fingerprint density at radius 2 is 2.23 bits per heavy atom. The van der Waals surface area contributed by atoms with Gasteiger partial charge in [0.05, 0.1) is 0 Å². The molecule has 1 aromatic carbocycles. The number of aliphatic hydroxyl groups excluding tert-OH is 1. The molecule has 0 aliphatic carbocycles. The standard InChI is InChI=1S/C9H8ClFO2/c10-9-4-7(11)2-1-6(9)3-8(13)5-12/h1-2,4,12H,3,5H2. The van der Waals surface area contributed by atoms with Crippen LogP contribution in [0.15, 0.2) is 18.2 Å². The molecule has 2 nitrogen and oxygen atoms in total. The summed E-state index contributed by atoms with van der Waals surface area (Å²) in [5.74, 6) is -0.779. The highest BCUT2D eigenvalue weighted by atomic mass is 35.5. The Morgan fingerprint density at radius 3 is 2.77 bits per heavy atom. The van der Waals surface area contributed by atoms with E-state index >= 15 is 0 Å². The molecule has 0 aliphatic heterocycles. The van der Waals surface area contributed by atoms with Gasteiger partial charge in [0, 0.05) is 11.4 Å². The molecule has 0 radical (unpaired) electrons. The fraction of sp³-hybridized carbons (Fsp3) is 0.222. The van der Waals surface area contributed by atoms with Gasteiger partial charge in [0.2, 0.25) is 0 Å². The molecule has 0 fully saturated rings. The van der Waals surface area contributed by atoms with E-state index in [9.17, 15) is 9.18 Å². The molecule has 0 aliphatic rings. The van der Waals surface area contributed by atoms with Crippen molar-refractivity contribution >= 4 is 17.4 Å². The zero-order valence-corrected chi connectivity index (χ0v) is 7.51. The SMILES string of the molecule is O=C(CO)Cc1ccc(F)cc1Cl. The number of carbonyl (C=O) groups excluding carboxylic acids is 1. The Labute approximate surface area is 80.0 Å². The van der Waals surface area contributed by atoms with E-state index in [1.54, 1.807) is 0 Å². The first kappa shape index (κ1) is 10.2. The van der Waals surface area contributed by atoms with Crippen LogP contribution in [0.2, 0.25) is 5.02 Å². The molecular weight excluding hydrogens is 195 g/mol. The molecule has 0 unspecified atom stereocenters. The third-order valence-electron chi connectivity index (χ3n) is 1.58. The van der Waals surface area contributed by atoms with Gasteiger partial charge in [0.25, 0.3) is 0 Å². The molecule has 0 aromatic heterocycles. The van der Waals surface area contributed by atoms with E-state index in [2.05, 4.69) is 0 Å². The Bertz CT molecular complexity index is 325. The van der Waals surface area contributed by atoms with E-state index in [1.807, 2.05) is 0 Å². The zero-order chi connectivity index (χ0) is 9.84. The lowest BCUT2D eigenvalue weighted by Crippen LogP contribution is -2.07. The van der Waals surface area contributed by atoms with Crippen LogP contribution in [0, 0.1) is 5.82 Å². The molecule has 0 saturated heterocycles. The van der Waals surface area contributed by atoms with Crippen molar-refractivity contribution in [2.45, 2.75) is 6.42 Å². The van der Waals surface area contributed by atoms with Crippen LogP contribution in [0.1, 0.15) is 5.56 Å². The van der Waals surface area contributed by atoms with Gasteiger partial charge in [-0.1, -0.05) is 17.7 Å². The van der Waals surface area contributed by atoms with E-state index in [1.165, 1.54) is 12.1 Å². The van der Waals surface area contributed by atoms with E-state index < -0.39 is 12.4 Å². The first-order chi connectivity index (χ1) is 6.13.